The number of rotatable bonds is 7. The molecule has 1 amide bonds. The molecule has 1 atom stereocenters. The number of allylic oxidation sites excluding steroid dienone is 2. The zero-order valence-corrected chi connectivity index (χ0v) is 20.4. The van der Waals surface area contributed by atoms with Gasteiger partial charge in [0.1, 0.15) is 5.75 Å². The molecule has 7 heteroatoms. The third-order valence-corrected chi connectivity index (χ3v) is 6.66. The van der Waals surface area contributed by atoms with Crippen LogP contribution in [0.1, 0.15) is 51.2 Å². The van der Waals surface area contributed by atoms with Crippen LogP contribution in [0.5, 0.6) is 11.8 Å². The maximum Gasteiger partial charge on any atom is 0.307 e. The fourth-order valence-corrected chi connectivity index (χ4v) is 4.76. The zero-order valence-electron chi connectivity index (χ0n) is 20.4. The first-order chi connectivity index (χ1) is 17.0. The van der Waals surface area contributed by atoms with Gasteiger partial charge in [-0.2, -0.15) is 4.98 Å². The fourth-order valence-electron chi connectivity index (χ4n) is 4.76. The Bertz CT molecular complexity index is 1350. The Hall–Kier alpha value is -3.87. The van der Waals surface area contributed by atoms with Crippen molar-refractivity contribution in [3.05, 3.63) is 59.8 Å². The first-order valence-corrected chi connectivity index (χ1v) is 12.2. The maximum absolute atomic E-state index is 12.6. The number of amides is 1. The maximum atomic E-state index is 12.6. The smallest absolute Gasteiger partial charge is 0.307 e. The largest absolute Gasteiger partial charge is 0.424 e. The molecule has 0 radical (unpaired) electrons. The summed E-state index contributed by atoms with van der Waals surface area (Å²) in [6.07, 6.45) is 11.0. The number of imidazole rings is 1. The van der Waals surface area contributed by atoms with Gasteiger partial charge < -0.3 is 20.4 Å². The Morgan fingerprint density at radius 3 is 2.71 bits per heavy atom. The molecule has 2 aliphatic rings. The molecule has 1 aliphatic carbocycles. The first-order valence-electron chi connectivity index (χ1n) is 12.2. The van der Waals surface area contributed by atoms with Gasteiger partial charge in [0.05, 0.1) is 16.7 Å². The second-order valence-corrected chi connectivity index (χ2v) is 9.24. The minimum absolute atomic E-state index is 0.0107. The van der Waals surface area contributed by atoms with Crippen molar-refractivity contribution in [1.82, 2.24) is 14.9 Å². The van der Waals surface area contributed by atoms with Gasteiger partial charge in [-0.05, 0) is 63.8 Å². The van der Waals surface area contributed by atoms with Gasteiger partial charge in [-0.1, -0.05) is 18.2 Å². The molecule has 1 aliphatic heterocycles. The fraction of sp³-hybridized carbons (Fsp3) is 0.321. The molecular weight excluding hydrogens is 438 g/mol. The predicted molar refractivity (Wildman–Crippen MR) is 141 cm³/mol. The lowest BCUT2D eigenvalue weighted by Crippen LogP contribution is -2.40. The van der Waals surface area contributed by atoms with E-state index in [2.05, 4.69) is 12.2 Å². The van der Waals surface area contributed by atoms with Crippen LogP contribution >= 0.6 is 0 Å². The Kier molecular flexibility index (Phi) is 6.16. The average Bonchev–Trinajstić information content (AvgIpc) is 3.62. The first kappa shape index (κ1) is 22.9. The van der Waals surface area contributed by atoms with E-state index in [1.807, 2.05) is 71.3 Å². The Balaban J connectivity index is 1.69. The number of hydrogen-bond acceptors (Lipinski definition) is 5. The second kappa shape index (κ2) is 9.41. The molecule has 1 aromatic heterocycles. The van der Waals surface area contributed by atoms with Crippen LogP contribution in [-0.2, 0) is 11.2 Å². The Morgan fingerprint density at radius 2 is 2.00 bits per heavy atom. The van der Waals surface area contributed by atoms with Crippen molar-refractivity contribution >= 4 is 40.6 Å². The van der Waals surface area contributed by atoms with Gasteiger partial charge in [-0.25, -0.2) is 0 Å². The van der Waals surface area contributed by atoms with E-state index in [0.29, 0.717) is 17.8 Å². The molecule has 35 heavy (non-hydrogen) atoms. The summed E-state index contributed by atoms with van der Waals surface area (Å²) in [7, 11) is 0. The van der Waals surface area contributed by atoms with Crippen LogP contribution in [0.2, 0.25) is 0 Å². The molecular formula is C28H31N5O2. The van der Waals surface area contributed by atoms with Crippen molar-refractivity contribution < 1.29 is 9.53 Å². The van der Waals surface area contributed by atoms with Crippen LogP contribution in [0.15, 0.2) is 48.7 Å². The molecule has 0 saturated heterocycles. The van der Waals surface area contributed by atoms with Crippen molar-refractivity contribution in [3.8, 4) is 11.8 Å². The summed E-state index contributed by atoms with van der Waals surface area (Å²) >= 11 is 0. The van der Waals surface area contributed by atoms with Crippen molar-refractivity contribution in [3.63, 3.8) is 0 Å². The van der Waals surface area contributed by atoms with Gasteiger partial charge in [0, 0.05) is 54.3 Å². The summed E-state index contributed by atoms with van der Waals surface area (Å²) in [6, 6.07) is 12.9. The van der Waals surface area contributed by atoms with Gasteiger partial charge in [-0.15, -0.1) is 0 Å². The van der Waals surface area contributed by atoms with Gasteiger partial charge in [0.2, 0.25) is 5.91 Å². The van der Waals surface area contributed by atoms with Gasteiger partial charge in [0.15, 0.2) is 0 Å². The van der Waals surface area contributed by atoms with Gasteiger partial charge in [0.25, 0.3) is 0 Å². The van der Waals surface area contributed by atoms with Crippen LogP contribution in [0, 0.1) is 5.41 Å². The molecule has 0 spiro atoms. The number of nitrogens with zero attached hydrogens (tertiary/aromatic N) is 3. The van der Waals surface area contributed by atoms with Crippen molar-refractivity contribution in [2.24, 2.45) is 0 Å². The summed E-state index contributed by atoms with van der Waals surface area (Å²) in [6.45, 7) is 5.64. The Labute approximate surface area is 205 Å². The molecule has 0 unspecified atom stereocenters. The lowest BCUT2D eigenvalue weighted by Gasteiger charge is -2.36. The van der Waals surface area contributed by atoms with E-state index in [-0.39, 0.29) is 11.9 Å². The lowest BCUT2D eigenvalue weighted by atomic mass is 9.92. The minimum Gasteiger partial charge on any atom is -0.424 e. The van der Waals surface area contributed by atoms with E-state index >= 15 is 0 Å². The summed E-state index contributed by atoms with van der Waals surface area (Å²) in [5, 5.41) is 11.5. The highest BCUT2D eigenvalue weighted by molar-refractivity contribution is 6.10. The predicted octanol–water partition coefficient (Wildman–Crippen LogP) is 5.75. The number of carbonyl (C=O) groups excluding carboxylic acids is 1. The van der Waals surface area contributed by atoms with Crippen LogP contribution in [0.25, 0.3) is 22.8 Å². The van der Waals surface area contributed by atoms with E-state index < -0.39 is 0 Å². The number of carbonyl (C=O) groups is 1. The van der Waals surface area contributed by atoms with Crippen LogP contribution in [0.4, 0.5) is 5.69 Å². The van der Waals surface area contributed by atoms with Crippen molar-refractivity contribution in [2.75, 3.05) is 4.90 Å². The number of hydrogen-bond donors (Lipinski definition) is 2. The number of benzene rings is 2. The minimum atomic E-state index is 0.0107. The van der Waals surface area contributed by atoms with E-state index in [1.54, 1.807) is 6.92 Å². The SMILES string of the molecule is C/C=C/n1c(Oc2c(/C(C=N)=C/NC3CC3)ccc3c2CC[C@H](C)N3C(C)=O)nc2ccccc21. The topological polar surface area (TPSA) is 83.2 Å². The highest BCUT2D eigenvalue weighted by Crippen LogP contribution is 2.43. The van der Waals surface area contributed by atoms with Gasteiger partial charge >= 0.3 is 6.01 Å². The van der Waals surface area contributed by atoms with Crippen LogP contribution < -0.4 is 15.0 Å². The van der Waals surface area contributed by atoms with Crippen LogP contribution in [0.3, 0.4) is 0 Å². The quantitative estimate of drug-likeness (QED) is 0.432. The molecule has 2 aromatic carbocycles. The number of fused-ring (bicyclic) bond motifs is 2. The molecule has 2 heterocycles. The molecule has 1 fully saturated rings. The molecule has 3 aromatic rings. The Morgan fingerprint density at radius 1 is 1.20 bits per heavy atom. The third kappa shape index (κ3) is 4.34. The monoisotopic (exact) mass is 469 g/mol. The van der Waals surface area contributed by atoms with Crippen LogP contribution in [-0.4, -0.2) is 33.8 Å². The highest BCUT2D eigenvalue weighted by Gasteiger charge is 2.31. The summed E-state index contributed by atoms with van der Waals surface area (Å²) in [5.74, 6) is 0.658. The number of ether oxygens (including phenoxy) is 1. The number of nitrogens with one attached hydrogen (secondary N) is 2. The van der Waals surface area contributed by atoms with Crippen molar-refractivity contribution in [1.29, 1.82) is 5.41 Å². The normalized spacial score (nSPS) is 18.1. The van der Waals surface area contributed by atoms with E-state index in [1.165, 1.54) is 6.21 Å². The van der Waals surface area contributed by atoms with E-state index in [0.717, 1.165) is 59.1 Å². The summed E-state index contributed by atoms with van der Waals surface area (Å²) in [5.41, 5.74) is 5.16. The number of para-hydroxylation sites is 2. The third-order valence-electron chi connectivity index (χ3n) is 6.66. The summed E-state index contributed by atoms with van der Waals surface area (Å²) in [4.78, 5) is 19.2. The molecule has 180 valence electrons. The zero-order chi connectivity index (χ0) is 24.5. The van der Waals surface area contributed by atoms with Gasteiger partial charge in [-0.3, -0.25) is 9.36 Å². The second-order valence-electron chi connectivity index (χ2n) is 9.24. The highest BCUT2D eigenvalue weighted by atomic mass is 16.5. The average molecular weight is 470 g/mol. The lowest BCUT2D eigenvalue weighted by molar-refractivity contribution is -0.117. The summed E-state index contributed by atoms with van der Waals surface area (Å²) < 4.78 is 8.57. The van der Waals surface area contributed by atoms with E-state index in [9.17, 15) is 4.79 Å². The van der Waals surface area contributed by atoms with E-state index in [4.69, 9.17) is 15.1 Å². The molecule has 5 rings (SSSR count). The molecule has 2 N–H and O–H groups in total. The standard InChI is InChI=1S/C28H31N5O2/c1-4-15-32-26-8-6-5-7-24(26)31-28(32)35-27-22(20(16-29)17-30-21-10-11-21)13-14-25-23(27)12-9-18(2)33(25)19(3)34/h4-8,13-18,21,29-30H,9-12H2,1-3H3/b15-4+,20-17+,29-16?/t18-/m0/s1. The molecule has 0 bridgehead atoms. The number of aromatic nitrogens is 2. The van der Waals surface area contributed by atoms with Crippen molar-refractivity contribution in [2.45, 2.75) is 58.5 Å². The number of anilines is 1. The molecule has 1 saturated carbocycles. The molecule has 7 nitrogen and oxygen atoms in total.